The predicted octanol–water partition coefficient (Wildman–Crippen LogP) is -0.277. The SMILES string of the molecule is CC#Cc1cc(N)nc(=O)[nH]1. The lowest BCUT2D eigenvalue weighted by atomic mass is 10.4. The average molecular weight is 149 g/mol. The number of aromatic nitrogens is 2. The summed E-state index contributed by atoms with van der Waals surface area (Å²) in [5.74, 6) is 5.49. The van der Waals surface area contributed by atoms with Crippen molar-refractivity contribution in [2.45, 2.75) is 6.92 Å². The lowest BCUT2D eigenvalue weighted by molar-refractivity contribution is 1.07. The summed E-state index contributed by atoms with van der Waals surface area (Å²) in [5, 5.41) is 0. The van der Waals surface area contributed by atoms with E-state index < -0.39 is 5.69 Å². The van der Waals surface area contributed by atoms with Crippen LogP contribution in [-0.2, 0) is 0 Å². The van der Waals surface area contributed by atoms with Crippen LogP contribution in [0.5, 0.6) is 0 Å². The quantitative estimate of drug-likeness (QED) is 0.498. The Bertz CT molecular complexity index is 369. The second-order valence-electron chi connectivity index (χ2n) is 1.90. The van der Waals surface area contributed by atoms with Crippen LogP contribution in [0.3, 0.4) is 0 Å². The molecule has 56 valence electrons. The van der Waals surface area contributed by atoms with Gasteiger partial charge < -0.3 is 5.73 Å². The lowest BCUT2D eigenvalue weighted by Crippen LogP contribution is -2.13. The molecule has 1 aromatic rings. The molecule has 0 amide bonds. The number of nitrogen functional groups attached to an aromatic ring is 1. The van der Waals surface area contributed by atoms with Crippen molar-refractivity contribution in [2.24, 2.45) is 0 Å². The summed E-state index contributed by atoms with van der Waals surface area (Å²) in [7, 11) is 0. The molecule has 0 aliphatic rings. The molecule has 0 atom stereocenters. The van der Waals surface area contributed by atoms with Crippen LogP contribution in [0.15, 0.2) is 10.9 Å². The van der Waals surface area contributed by atoms with Gasteiger partial charge in [0.05, 0.1) is 5.69 Å². The first kappa shape index (κ1) is 7.35. The number of nitrogens with zero attached hydrogens (tertiary/aromatic N) is 1. The molecule has 0 saturated heterocycles. The molecular formula is C7H7N3O. The minimum Gasteiger partial charge on any atom is -0.383 e. The first-order valence-corrected chi connectivity index (χ1v) is 3.02. The van der Waals surface area contributed by atoms with Crippen LogP contribution in [-0.4, -0.2) is 9.97 Å². The topological polar surface area (TPSA) is 71.8 Å². The molecule has 4 nitrogen and oxygen atoms in total. The highest BCUT2D eigenvalue weighted by Crippen LogP contribution is 1.92. The molecule has 0 fully saturated rings. The van der Waals surface area contributed by atoms with Gasteiger partial charge in [0, 0.05) is 6.07 Å². The normalized spacial score (nSPS) is 8.45. The molecule has 1 aromatic heterocycles. The molecular weight excluding hydrogens is 142 g/mol. The van der Waals surface area contributed by atoms with Crippen molar-refractivity contribution in [1.82, 2.24) is 9.97 Å². The third-order valence-corrected chi connectivity index (χ3v) is 1.02. The first-order chi connectivity index (χ1) is 5.22. The molecule has 0 radical (unpaired) electrons. The molecule has 0 unspecified atom stereocenters. The van der Waals surface area contributed by atoms with Crippen LogP contribution >= 0.6 is 0 Å². The molecule has 0 saturated carbocycles. The van der Waals surface area contributed by atoms with Crippen molar-refractivity contribution in [3.63, 3.8) is 0 Å². The Morgan fingerprint density at radius 2 is 2.45 bits per heavy atom. The summed E-state index contributed by atoms with van der Waals surface area (Å²) in [4.78, 5) is 16.5. The molecule has 0 spiro atoms. The highest BCUT2D eigenvalue weighted by molar-refractivity contribution is 5.36. The van der Waals surface area contributed by atoms with Crippen LogP contribution in [0.4, 0.5) is 5.82 Å². The van der Waals surface area contributed by atoms with E-state index in [9.17, 15) is 4.79 Å². The average Bonchev–Trinajstić information content (AvgIpc) is 1.85. The maximum Gasteiger partial charge on any atom is 0.347 e. The molecule has 4 heteroatoms. The van der Waals surface area contributed by atoms with E-state index in [4.69, 9.17) is 5.73 Å². The molecule has 3 N–H and O–H groups in total. The zero-order valence-electron chi connectivity index (χ0n) is 6.01. The Balaban J connectivity index is 3.26. The summed E-state index contributed by atoms with van der Waals surface area (Å²) in [6.45, 7) is 1.68. The van der Waals surface area contributed by atoms with Gasteiger partial charge in [-0.15, -0.1) is 0 Å². The van der Waals surface area contributed by atoms with E-state index in [0.717, 1.165) is 0 Å². The van der Waals surface area contributed by atoms with E-state index in [-0.39, 0.29) is 5.82 Å². The Labute approximate surface area is 63.5 Å². The second-order valence-corrected chi connectivity index (χ2v) is 1.90. The van der Waals surface area contributed by atoms with Gasteiger partial charge in [-0.3, -0.25) is 4.98 Å². The zero-order chi connectivity index (χ0) is 8.27. The Morgan fingerprint density at radius 3 is 3.00 bits per heavy atom. The van der Waals surface area contributed by atoms with Crippen LogP contribution in [0.1, 0.15) is 12.6 Å². The van der Waals surface area contributed by atoms with Crippen molar-refractivity contribution in [1.29, 1.82) is 0 Å². The van der Waals surface area contributed by atoms with Gasteiger partial charge in [0.15, 0.2) is 0 Å². The number of hydrogen-bond acceptors (Lipinski definition) is 3. The number of anilines is 1. The number of aromatic amines is 1. The van der Waals surface area contributed by atoms with Crippen LogP contribution < -0.4 is 11.4 Å². The van der Waals surface area contributed by atoms with Crippen LogP contribution in [0.25, 0.3) is 0 Å². The molecule has 0 bridgehead atoms. The fraction of sp³-hybridized carbons (Fsp3) is 0.143. The summed E-state index contributed by atoms with van der Waals surface area (Å²) in [6.07, 6.45) is 0. The smallest absolute Gasteiger partial charge is 0.347 e. The molecule has 0 aliphatic heterocycles. The van der Waals surface area contributed by atoms with Crippen molar-refractivity contribution in [2.75, 3.05) is 5.73 Å². The maximum atomic E-state index is 10.7. The molecule has 11 heavy (non-hydrogen) atoms. The van der Waals surface area contributed by atoms with E-state index in [1.807, 2.05) is 0 Å². The van der Waals surface area contributed by atoms with Gasteiger partial charge in [-0.05, 0) is 12.8 Å². The van der Waals surface area contributed by atoms with E-state index in [2.05, 4.69) is 21.8 Å². The zero-order valence-corrected chi connectivity index (χ0v) is 6.01. The number of nitrogens with two attached hydrogens (primary N) is 1. The fourth-order valence-corrected chi connectivity index (χ4v) is 0.679. The van der Waals surface area contributed by atoms with Gasteiger partial charge in [-0.25, -0.2) is 4.79 Å². The summed E-state index contributed by atoms with van der Waals surface area (Å²) in [6, 6.07) is 1.51. The summed E-state index contributed by atoms with van der Waals surface area (Å²) >= 11 is 0. The molecule has 1 rings (SSSR count). The highest BCUT2D eigenvalue weighted by Gasteiger charge is 1.91. The van der Waals surface area contributed by atoms with Gasteiger partial charge in [-0.1, -0.05) is 5.92 Å². The van der Waals surface area contributed by atoms with Gasteiger partial charge in [0.25, 0.3) is 0 Å². The van der Waals surface area contributed by atoms with E-state index in [1.165, 1.54) is 6.07 Å². The molecule has 1 heterocycles. The number of nitrogens with one attached hydrogen (secondary N) is 1. The molecule has 0 aliphatic carbocycles. The largest absolute Gasteiger partial charge is 0.383 e. The summed E-state index contributed by atoms with van der Waals surface area (Å²) in [5.41, 5.74) is 5.31. The van der Waals surface area contributed by atoms with Crippen molar-refractivity contribution >= 4 is 5.82 Å². The number of rotatable bonds is 0. The third kappa shape index (κ3) is 1.83. The second kappa shape index (κ2) is 2.88. The minimum absolute atomic E-state index is 0.187. The predicted molar refractivity (Wildman–Crippen MR) is 41.8 cm³/mol. The number of hydrogen-bond donors (Lipinski definition) is 2. The van der Waals surface area contributed by atoms with Crippen LogP contribution in [0, 0.1) is 11.8 Å². The van der Waals surface area contributed by atoms with Crippen molar-refractivity contribution < 1.29 is 0 Å². The molecule has 0 aromatic carbocycles. The van der Waals surface area contributed by atoms with E-state index in [0.29, 0.717) is 5.69 Å². The van der Waals surface area contributed by atoms with E-state index >= 15 is 0 Å². The Morgan fingerprint density at radius 1 is 1.73 bits per heavy atom. The third-order valence-electron chi connectivity index (χ3n) is 1.02. The Hall–Kier alpha value is -1.76. The lowest BCUT2D eigenvalue weighted by Gasteiger charge is -1.90. The standard InChI is InChI=1S/C7H7N3O/c1-2-3-5-4-6(8)10-7(11)9-5/h4H,1H3,(H3,8,9,10,11). The van der Waals surface area contributed by atoms with E-state index in [1.54, 1.807) is 6.92 Å². The fourth-order valence-electron chi connectivity index (χ4n) is 0.679. The maximum absolute atomic E-state index is 10.7. The monoisotopic (exact) mass is 149 g/mol. The Kier molecular flexibility index (Phi) is 1.93. The van der Waals surface area contributed by atoms with Crippen LogP contribution in [0.2, 0.25) is 0 Å². The van der Waals surface area contributed by atoms with Gasteiger partial charge in [-0.2, -0.15) is 4.98 Å². The van der Waals surface area contributed by atoms with Gasteiger partial charge in [0.2, 0.25) is 0 Å². The minimum atomic E-state index is -0.470. The summed E-state index contributed by atoms with van der Waals surface area (Å²) < 4.78 is 0. The van der Waals surface area contributed by atoms with Gasteiger partial charge in [0.1, 0.15) is 5.82 Å². The van der Waals surface area contributed by atoms with Gasteiger partial charge >= 0.3 is 5.69 Å². The first-order valence-electron chi connectivity index (χ1n) is 3.02. The number of H-pyrrole nitrogens is 1. The highest BCUT2D eigenvalue weighted by atomic mass is 16.1. The van der Waals surface area contributed by atoms with Crippen molar-refractivity contribution in [3.05, 3.63) is 22.2 Å². The van der Waals surface area contributed by atoms with Crippen molar-refractivity contribution in [3.8, 4) is 11.8 Å².